The Balaban J connectivity index is 2.84. The highest BCUT2D eigenvalue weighted by molar-refractivity contribution is 5.69. The van der Waals surface area contributed by atoms with E-state index in [-0.39, 0.29) is 12.1 Å². The molecule has 1 saturated heterocycles. The van der Waals surface area contributed by atoms with Gasteiger partial charge in [-0.3, -0.25) is 4.79 Å². The molecule has 1 fully saturated rings. The number of hydrogen-bond donors (Lipinski definition) is 0. The molecule has 0 aliphatic carbocycles. The minimum Gasteiger partial charge on any atom is -0.457 e. The fourth-order valence-corrected chi connectivity index (χ4v) is 2.08. The first kappa shape index (κ1) is 15.4. The van der Waals surface area contributed by atoms with Crippen LogP contribution in [0.15, 0.2) is 0 Å². The predicted molar refractivity (Wildman–Crippen MR) is 63.1 cm³/mol. The van der Waals surface area contributed by atoms with Crippen molar-refractivity contribution in [3.05, 3.63) is 0 Å². The van der Waals surface area contributed by atoms with E-state index in [0.29, 0.717) is 6.42 Å². The lowest BCUT2D eigenvalue weighted by Crippen LogP contribution is -2.59. The maximum absolute atomic E-state index is 11.4. The molecule has 5 atom stereocenters. The Bertz CT molecular complexity index is 269. The molecule has 106 valence electrons. The van der Waals surface area contributed by atoms with E-state index in [1.807, 2.05) is 6.92 Å². The number of rotatable bonds is 5. The second-order valence-corrected chi connectivity index (χ2v) is 4.15. The van der Waals surface area contributed by atoms with Crippen LogP contribution in [-0.2, 0) is 28.5 Å². The van der Waals surface area contributed by atoms with Crippen molar-refractivity contribution in [1.29, 1.82) is 0 Å². The molecule has 6 nitrogen and oxygen atoms in total. The summed E-state index contributed by atoms with van der Waals surface area (Å²) in [6.45, 7) is 3.56. The molecule has 6 heteroatoms. The lowest BCUT2D eigenvalue weighted by atomic mass is 9.99. The normalized spacial score (nSPS) is 36.4. The van der Waals surface area contributed by atoms with Gasteiger partial charge in [0.2, 0.25) is 0 Å². The van der Waals surface area contributed by atoms with E-state index in [1.165, 1.54) is 7.11 Å². The first-order valence-electron chi connectivity index (χ1n) is 6.02. The van der Waals surface area contributed by atoms with Crippen LogP contribution in [0, 0.1) is 0 Å². The first-order valence-corrected chi connectivity index (χ1v) is 6.02. The van der Waals surface area contributed by atoms with Crippen molar-refractivity contribution in [2.75, 3.05) is 21.3 Å². The Morgan fingerprint density at radius 2 is 1.67 bits per heavy atom. The van der Waals surface area contributed by atoms with Crippen molar-refractivity contribution in [3.8, 4) is 0 Å². The molecule has 0 saturated carbocycles. The molecule has 1 aliphatic rings. The first-order chi connectivity index (χ1) is 8.58. The molecule has 1 rings (SSSR count). The Kier molecular flexibility index (Phi) is 6.01. The van der Waals surface area contributed by atoms with Gasteiger partial charge in [0.25, 0.3) is 0 Å². The van der Waals surface area contributed by atoms with E-state index in [9.17, 15) is 4.79 Å². The second-order valence-electron chi connectivity index (χ2n) is 4.15. The van der Waals surface area contributed by atoms with E-state index in [1.54, 1.807) is 21.1 Å². The molecule has 0 spiro atoms. The number of hydrogen-bond acceptors (Lipinski definition) is 6. The van der Waals surface area contributed by atoms with Gasteiger partial charge in [-0.15, -0.1) is 0 Å². The summed E-state index contributed by atoms with van der Waals surface area (Å²) < 4.78 is 26.9. The molecule has 0 amide bonds. The summed E-state index contributed by atoms with van der Waals surface area (Å²) in [5, 5.41) is 0. The van der Waals surface area contributed by atoms with Gasteiger partial charge < -0.3 is 23.7 Å². The smallest absolute Gasteiger partial charge is 0.305 e. The van der Waals surface area contributed by atoms with Gasteiger partial charge in [-0.05, 0) is 6.92 Å². The maximum Gasteiger partial charge on any atom is 0.305 e. The van der Waals surface area contributed by atoms with Crippen LogP contribution in [0.2, 0.25) is 0 Å². The highest BCUT2D eigenvalue weighted by atomic mass is 16.7. The van der Waals surface area contributed by atoms with E-state index in [2.05, 4.69) is 0 Å². The number of carbonyl (C=O) groups excluding carboxylic acids is 1. The highest BCUT2D eigenvalue weighted by Gasteiger charge is 2.47. The van der Waals surface area contributed by atoms with Crippen molar-refractivity contribution < 1.29 is 28.5 Å². The van der Waals surface area contributed by atoms with Gasteiger partial charge in [-0.1, -0.05) is 6.92 Å². The van der Waals surface area contributed by atoms with Crippen LogP contribution in [0.1, 0.15) is 20.3 Å². The molecule has 0 bridgehead atoms. The van der Waals surface area contributed by atoms with Crippen molar-refractivity contribution in [1.82, 2.24) is 0 Å². The zero-order chi connectivity index (χ0) is 13.7. The minimum absolute atomic E-state index is 0.289. The Morgan fingerprint density at radius 1 is 1.06 bits per heavy atom. The Morgan fingerprint density at radius 3 is 2.11 bits per heavy atom. The Hall–Kier alpha value is -0.690. The molecular weight excluding hydrogens is 240 g/mol. The summed E-state index contributed by atoms with van der Waals surface area (Å²) in [6.07, 6.45) is -1.90. The standard InChI is InChI=1S/C12H22O6/c1-6-8(13)18-9-7(2)17-12(16-5)11(15-4)10(9)14-3/h7,9-12H,6H2,1-5H3/t7-,9-,10+,11-,12+/m1/s1. The van der Waals surface area contributed by atoms with E-state index in [0.717, 1.165) is 0 Å². The van der Waals surface area contributed by atoms with Gasteiger partial charge in [0.05, 0.1) is 6.10 Å². The van der Waals surface area contributed by atoms with Crippen LogP contribution >= 0.6 is 0 Å². The molecular formula is C12H22O6. The molecule has 0 unspecified atom stereocenters. The third-order valence-corrected chi connectivity index (χ3v) is 3.06. The van der Waals surface area contributed by atoms with Crippen LogP contribution in [0.25, 0.3) is 0 Å². The lowest BCUT2D eigenvalue weighted by molar-refractivity contribution is -0.297. The fourth-order valence-electron chi connectivity index (χ4n) is 2.08. The minimum atomic E-state index is -0.536. The van der Waals surface area contributed by atoms with Crippen molar-refractivity contribution in [2.45, 2.75) is 51.0 Å². The highest BCUT2D eigenvalue weighted by Crippen LogP contribution is 2.27. The summed E-state index contributed by atoms with van der Waals surface area (Å²) in [4.78, 5) is 11.4. The summed E-state index contributed by atoms with van der Waals surface area (Å²) in [5.74, 6) is -0.289. The van der Waals surface area contributed by atoms with E-state index >= 15 is 0 Å². The lowest BCUT2D eigenvalue weighted by Gasteiger charge is -2.43. The maximum atomic E-state index is 11.4. The second kappa shape index (κ2) is 7.04. The van der Waals surface area contributed by atoms with Gasteiger partial charge in [-0.25, -0.2) is 0 Å². The van der Waals surface area contributed by atoms with Gasteiger partial charge >= 0.3 is 5.97 Å². The summed E-state index contributed by atoms with van der Waals surface area (Å²) in [7, 11) is 4.63. The third-order valence-electron chi connectivity index (χ3n) is 3.06. The van der Waals surface area contributed by atoms with Crippen LogP contribution in [-0.4, -0.2) is 58.0 Å². The van der Waals surface area contributed by atoms with Gasteiger partial charge in [0.1, 0.15) is 12.2 Å². The van der Waals surface area contributed by atoms with E-state index in [4.69, 9.17) is 23.7 Å². The molecule has 0 aromatic rings. The fraction of sp³-hybridized carbons (Fsp3) is 0.917. The number of methoxy groups -OCH3 is 3. The quantitative estimate of drug-likeness (QED) is 0.681. The average Bonchev–Trinajstić information content (AvgIpc) is 2.39. The van der Waals surface area contributed by atoms with Crippen LogP contribution in [0.5, 0.6) is 0 Å². The summed E-state index contributed by atoms with van der Waals surface area (Å²) in [6, 6.07) is 0. The predicted octanol–water partition coefficient (Wildman–Crippen LogP) is 0.729. The monoisotopic (exact) mass is 262 g/mol. The van der Waals surface area contributed by atoms with Crippen molar-refractivity contribution in [2.24, 2.45) is 0 Å². The molecule has 0 aromatic heterocycles. The summed E-state index contributed by atoms with van der Waals surface area (Å²) >= 11 is 0. The van der Waals surface area contributed by atoms with Gasteiger partial charge in [0.15, 0.2) is 12.4 Å². The average molecular weight is 262 g/mol. The molecule has 0 aromatic carbocycles. The number of esters is 1. The van der Waals surface area contributed by atoms with Crippen molar-refractivity contribution in [3.63, 3.8) is 0 Å². The van der Waals surface area contributed by atoms with Crippen LogP contribution < -0.4 is 0 Å². The zero-order valence-electron chi connectivity index (χ0n) is 11.5. The number of carbonyl (C=O) groups is 1. The van der Waals surface area contributed by atoms with Crippen molar-refractivity contribution >= 4 is 5.97 Å². The SMILES string of the molecule is CCC(=O)O[C@H]1[C@H](OC)[C@@H](OC)[C@@H](OC)O[C@@H]1C. The largest absolute Gasteiger partial charge is 0.457 e. The molecule has 0 N–H and O–H groups in total. The van der Waals surface area contributed by atoms with E-state index < -0.39 is 24.6 Å². The topological polar surface area (TPSA) is 63.2 Å². The zero-order valence-corrected chi connectivity index (χ0v) is 11.5. The van der Waals surface area contributed by atoms with Gasteiger partial charge in [0, 0.05) is 27.8 Å². The van der Waals surface area contributed by atoms with Crippen LogP contribution in [0.4, 0.5) is 0 Å². The molecule has 18 heavy (non-hydrogen) atoms. The number of ether oxygens (including phenoxy) is 5. The van der Waals surface area contributed by atoms with Crippen LogP contribution in [0.3, 0.4) is 0 Å². The molecule has 1 heterocycles. The molecule has 1 aliphatic heterocycles. The molecule has 0 radical (unpaired) electrons. The summed E-state index contributed by atoms with van der Waals surface area (Å²) in [5.41, 5.74) is 0. The van der Waals surface area contributed by atoms with Gasteiger partial charge in [-0.2, -0.15) is 0 Å². The third kappa shape index (κ3) is 3.20. The Labute approximate surface area is 107 Å².